The van der Waals surface area contributed by atoms with Crippen molar-refractivity contribution in [1.82, 2.24) is 14.9 Å². The van der Waals surface area contributed by atoms with E-state index in [-0.39, 0.29) is 11.9 Å². The SMILES string of the molecule is Cc1ccc(NC(=O)[C@@H]2Sc3nnc(-c4ccccc4)n3N[C@@H]2c2ccccc2)cc1C. The minimum Gasteiger partial charge on any atom is -0.325 e. The van der Waals surface area contributed by atoms with E-state index < -0.39 is 5.25 Å². The lowest BCUT2D eigenvalue weighted by molar-refractivity contribution is -0.116. The maximum atomic E-state index is 13.4. The van der Waals surface area contributed by atoms with Crippen molar-refractivity contribution in [2.45, 2.75) is 30.3 Å². The van der Waals surface area contributed by atoms with Crippen LogP contribution in [-0.4, -0.2) is 26.0 Å². The molecule has 5 rings (SSSR count). The number of carbonyl (C=O) groups excluding carboxylic acids is 1. The number of amides is 1. The molecule has 1 amide bonds. The molecule has 32 heavy (non-hydrogen) atoms. The van der Waals surface area contributed by atoms with Gasteiger partial charge in [-0.05, 0) is 42.7 Å². The normalized spacial score (nSPS) is 17.3. The molecule has 1 aromatic heterocycles. The molecule has 2 atom stereocenters. The Balaban J connectivity index is 1.50. The number of nitrogens with one attached hydrogen (secondary N) is 2. The fourth-order valence-electron chi connectivity index (χ4n) is 3.77. The van der Waals surface area contributed by atoms with Gasteiger partial charge in [-0.25, -0.2) is 4.68 Å². The summed E-state index contributed by atoms with van der Waals surface area (Å²) >= 11 is 1.42. The van der Waals surface area contributed by atoms with Crippen LogP contribution in [0.5, 0.6) is 0 Å². The lowest BCUT2D eigenvalue weighted by Gasteiger charge is -2.33. The molecule has 0 radical (unpaired) electrons. The molecule has 3 aromatic carbocycles. The van der Waals surface area contributed by atoms with E-state index in [0.29, 0.717) is 5.16 Å². The van der Waals surface area contributed by atoms with Gasteiger partial charge in [-0.3, -0.25) is 4.79 Å². The first-order valence-electron chi connectivity index (χ1n) is 10.5. The van der Waals surface area contributed by atoms with Gasteiger partial charge in [0, 0.05) is 11.3 Å². The Morgan fingerprint density at radius 3 is 2.38 bits per heavy atom. The molecular weight excluding hydrogens is 418 g/mol. The number of aromatic nitrogens is 3. The van der Waals surface area contributed by atoms with E-state index in [4.69, 9.17) is 0 Å². The van der Waals surface area contributed by atoms with Crippen molar-refractivity contribution < 1.29 is 4.79 Å². The Kier molecular flexibility index (Phi) is 5.41. The number of aryl methyl sites for hydroxylation is 2. The third kappa shape index (κ3) is 3.87. The molecule has 4 aromatic rings. The Morgan fingerprint density at radius 2 is 1.66 bits per heavy atom. The highest BCUT2D eigenvalue weighted by atomic mass is 32.2. The Hall–Kier alpha value is -3.58. The van der Waals surface area contributed by atoms with Gasteiger partial charge < -0.3 is 10.7 Å². The second-order valence-electron chi connectivity index (χ2n) is 7.85. The van der Waals surface area contributed by atoms with Crippen LogP contribution < -0.4 is 10.7 Å². The van der Waals surface area contributed by atoms with Gasteiger partial charge in [0.05, 0.1) is 6.04 Å². The quantitative estimate of drug-likeness (QED) is 0.468. The van der Waals surface area contributed by atoms with Gasteiger partial charge in [0.25, 0.3) is 0 Å². The van der Waals surface area contributed by atoms with Crippen LogP contribution in [0.2, 0.25) is 0 Å². The number of nitrogens with zero attached hydrogens (tertiary/aromatic N) is 3. The first kappa shape index (κ1) is 20.3. The highest BCUT2D eigenvalue weighted by Crippen LogP contribution is 2.39. The largest absolute Gasteiger partial charge is 0.325 e. The minimum absolute atomic E-state index is 0.0740. The summed E-state index contributed by atoms with van der Waals surface area (Å²) in [6.45, 7) is 4.10. The number of carbonyl (C=O) groups is 1. The molecule has 160 valence electrons. The molecule has 0 fully saturated rings. The number of anilines is 1. The van der Waals surface area contributed by atoms with Crippen molar-refractivity contribution in [3.8, 4) is 11.4 Å². The number of rotatable bonds is 4. The minimum atomic E-state index is -0.417. The fourth-order valence-corrected chi connectivity index (χ4v) is 4.85. The third-order valence-corrected chi connectivity index (χ3v) is 6.88. The third-order valence-electron chi connectivity index (χ3n) is 5.66. The first-order chi connectivity index (χ1) is 15.6. The first-order valence-corrected chi connectivity index (χ1v) is 11.4. The maximum absolute atomic E-state index is 13.4. The van der Waals surface area contributed by atoms with Gasteiger partial charge in [0.15, 0.2) is 5.82 Å². The second kappa shape index (κ2) is 8.51. The number of benzene rings is 3. The van der Waals surface area contributed by atoms with Crippen molar-refractivity contribution >= 4 is 23.4 Å². The van der Waals surface area contributed by atoms with Gasteiger partial charge >= 0.3 is 0 Å². The second-order valence-corrected chi connectivity index (χ2v) is 8.96. The smallest absolute Gasteiger partial charge is 0.240 e. The van der Waals surface area contributed by atoms with Crippen LogP contribution in [-0.2, 0) is 4.79 Å². The Labute approximate surface area is 191 Å². The van der Waals surface area contributed by atoms with E-state index >= 15 is 0 Å². The molecule has 0 bridgehead atoms. The van der Waals surface area contributed by atoms with Crippen molar-refractivity contribution in [2.75, 3.05) is 10.7 Å². The molecular formula is C25H23N5OS. The van der Waals surface area contributed by atoms with E-state index in [2.05, 4.69) is 27.9 Å². The molecule has 0 unspecified atom stereocenters. The van der Waals surface area contributed by atoms with Crippen LogP contribution in [0, 0.1) is 13.8 Å². The topological polar surface area (TPSA) is 71.8 Å². The summed E-state index contributed by atoms with van der Waals surface area (Å²) in [5.74, 6) is 0.650. The molecule has 1 aliphatic heterocycles. The van der Waals surface area contributed by atoms with Crippen molar-refractivity contribution in [3.05, 3.63) is 95.6 Å². The summed E-state index contributed by atoms with van der Waals surface area (Å²) in [4.78, 5) is 13.4. The lowest BCUT2D eigenvalue weighted by atomic mass is 10.0. The predicted molar refractivity (Wildman–Crippen MR) is 128 cm³/mol. The maximum Gasteiger partial charge on any atom is 0.240 e. The summed E-state index contributed by atoms with van der Waals surface area (Å²) in [5, 5.41) is 12.1. The summed E-state index contributed by atoms with van der Waals surface area (Å²) in [5.41, 5.74) is 8.63. The highest BCUT2D eigenvalue weighted by Gasteiger charge is 2.38. The monoisotopic (exact) mass is 441 g/mol. The zero-order valence-corrected chi connectivity index (χ0v) is 18.6. The van der Waals surface area contributed by atoms with E-state index in [0.717, 1.165) is 28.2 Å². The standard InChI is InChI=1S/C25H23N5OS/c1-16-13-14-20(15-17(16)2)26-24(31)22-21(18-9-5-3-6-10-18)29-30-23(27-28-25(30)32-22)19-11-7-4-8-12-19/h3-15,21-22,29H,1-2H3,(H,26,31)/t21-,22-/m1/s1. The summed E-state index contributed by atoms with van der Waals surface area (Å²) in [6.07, 6.45) is 0. The number of hydrogen-bond acceptors (Lipinski definition) is 5. The number of hydrogen-bond donors (Lipinski definition) is 2. The van der Waals surface area contributed by atoms with Gasteiger partial charge in [0.1, 0.15) is 5.25 Å². The van der Waals surface area contributed by atoms with Crippen LogP contribution in [0.25, 0.3) is 11.4 Å². The van der Waals surface area contributed by atoms with E-state index in [1.54, 1.807) is 0 Å². The number of fused-ring (bicyclic) bond motifs is 1. The average molecular weight is 442 g/mol. The molecule has 0 aliphatic carbocycles. The summed E-state index contributed by atoms with van der Waals surface area (Å²) < 4.78 is 1.89. The van der Waals surface area contributed by atoms with E-state index in [1.807, 2.05) is 90.5 Å². The molecule has 6 nitrogen and oxygen atoms in total. The zero-order valence-electron chi connectivity index (χ0n) is 17.8. The van der Waals surface area contributed by atoms with Crippen molar-refractivity contribution in [1.29, 1.82) is 0 Å². The van der Waals surface area contributed by atoms with Crippen LogP contribution in [0.1, 0.15) is 22.7 Å². The molecule has 2 heterocycles. The molecule has 7 heteroatoms. The average Bonchev–Trinajstić information content (AvgIpc) is 3.25. The van der Waals surface area contributed by atoms with Gasteiger partial charge in [-0.2, -0.15) is 0 Å². The predicted octanol–water partition coefficient (Wildman–Crippen LogP) is 4.96. The van der Waals surface area contributed by atoms with Crippen LogP contribution in [0.3, 0.4) is 0 Å². The van der Waals surface area contributed by atoms with Crippen molar-refractivity contribution in [2.24, 2.45) is 0 Å². The summed E-state index contributed by atoms with van der Waals surface area (Å²) in [7, 11) is 0. The van der Waals surface area contributed by atoms with Crippen LogP contribution >= 0.6 is 11.8 Å². The molecule has 1 aliphatic rings. The highest BCUT2D eigenvalue weighted by molar-refractivity contribution is 8.00. The molecule has 0 spiro atoms. The fraction of sp³-hybridized carbons (Fsp3) is 0.160. The van der Waals surface area contributed by atoms with Crippen LogP contribution in [0.4, 0.5) is 5.69 Å². The van der Waals surface area contributed by atoms with Gasteiger partial charge in [-0.1, -0.05) is 78.5 Å². The van der Waals surface area contributed by atoms with Gasteiger partial charge in [0.2, 0.25) is 11.1 Å². The number of thioether (sulfide) groups is 1. The van der Waals surface area contributed by atoms with E-state index in [1.165, 1.54) is 17.3 Å². The zero-order chi connectivity index (χ0) is 22.1. The lowest BCUT2D eigenvalue weighted by Crippen LogP contribution is -2.41. The van der Waals surface area contributed by atoms with E-state index in [9.17, 15) is 4.79 Å². The van der Waals surface area contributed by atoms with Crippen molar-refractivity contribution in [3.63, 3.8) is 0 Å². The van der Waals surface area contributed by atoms with Crippen LogP contribution in [0.15, 0.2) is 84.0 Å². The Morgan fingerprint density at radius 1 is 0.938 bits per heavy atom. The van der Waals surface area contributed by atoms with Gasteiger partial charge in [-0.15, -0.1) is 10.2 Å². The molecule has 0 saturated carbocycles. The molecule has 0 saturated heterocycles. The Bertz CT molecular complexity index is 1260. The summed E-state index contributed by atoms with van der Waals surface area (Å²) in [6, 6.07) is 25.6. The molecule has 2 N–H and O–H groups in total.